The highest BCUT2D eigenvalue weighted by molar-refractivity contribution is 5.95. The van der Waals surface area contributed by atoms with Crippen LogP contribution in [0.2, 0.25) is 0 Å². The van der Waals surface area contributed by atoms with Crippen LogP contribution in [0.25, 0.3) is 11.4 Å². The van der Waals surface area contributed by atoms with Crippen LogP contribution < -0.4 is 20.5 Å². The lowest BCUT2D eigenvalue weighted by Gasteiger charge is -2.27. The van der Waals surface area contributed by atoms with Crippen molar-refractivity contribution in [1.82, 2.24) is 14.8 Å². The van der Waals surface area contributed by atoms with E-state index in [4.69, 9.17) is 15.2 Å². The number of aromatic nitrogens is 3. The number of hydrogen-bond donors (Lipinski definition) is 2. The monoisotopic (exact) mass is 391 g/mol. The van der Waals surface area contributed by atoms with Crippen LogP contribution in [0.5, 0.6) is 11.5 Å². The van der Waals surface area contributed by atoms with Crippen molar-refractivity contribution in [3.63, 3.8) is 0 Å². The number of ether oxygens (including phenoxy) is 2. The SMILES string of the molecule is COc1ccc(-c2nc3n(n2)[C@H](c2ccccc2)C(C(N)=O)=C(C)N3)cc1OC. The van der Waals surface area contributed by atoms with Gasteiger partial charge in [-0.15, -0.1) is 5.10 Å². The minimum atomic E-state index is -0.502. The lowest BCUT2D eigenvalue weighted by Crippen LogP contribution is -2.31. The van der Waals surface area contributed by atoms with Crippen LogP contribution in [0, 0.1) is 0 Å². The lowest BCUT2D eigenvalue weighted by molar-refractivity contribution is -0.115. The van der Waals surface area contributed by atoms with Crippen LogP contribution in [-0.4, -0.2) is 34.9 Å². The molecule has 2 aromatic carbocycles. The number of nitrogens with one attached hydrogen (secondary N) is 1. The first-order chi connectivity index (χ1) is 14.0. The number of carbonyl (C=O) groups is 1. The van der Waals surface area contributed by atoms with E-state index in [0.29, 0.717) is 34.5 Å². The highest BCUT2D eigenvalue weighted by Gasteiger charge is 2.33. The summed E-state index contributed by atoms with van der Waals surface area (Å²) in [5, 5.41) is 7.83. The predicted molar refractivity (Wildman–Crippen MR) is 109 cm³/mol. The van der Waals surface area contributed by atoms with Gasteiger partial charge in [-0.1, -0.05) is 30.3 Å². The quantitative estimate of drug-likeness (QED) is 0.693. The topological polar surface area (TPSA) is 104 Å². The summed E-state index contributed by atoms with van der Waals surface area (Å²) >= 11 is 0. The van der Waals surface area contributed by atoms with Gasteiger partial charge < -0.3 is 20.5 Å². The van der Waals surface area contributed by atoms with Gasteiger partial charge >= 0.3 is 0 Å². The molecule has 0 radical (unpaired) electrons. The zero-order valence-corrected chi connectivity index (χ0v) is 16.3. The minimum absolute atomic E-state index is 0.451. The van der Waals surface area contributed by atoms with Crippen molar-refractivity contribution in [2.75, 3.05) is 19.5 Å². The van der Waals surface area contributed by atoms with Crippen molar-refractivity contribution in [1.29, 1.82) is 0 Å². The lowest BCUT2D eigenvalue weighted by atomic mass is 9.95. The molecule has 1 aliphatic rings. The number of anilines is 1. The first-order valence-electron chi connectivity index (χ1n) is 9.05. The van der Waals surface area contributed by atoms with Gasteiger partial charge in [-0.05, 0) is 30.7 Å². The van der Waals surface area contributed by atoms with E-state index < -0.39 is 11.9 Å². The number of rotatable bonds is 5. The second kappa shape index (κ2) is 7.31. The largest absolute Gasteiger partial charge is 0.493 e. The van der Waals surface area contributed by atoms with Crippen molar-refractivity contribution >= 4 is 11.9 Å². The van der Waals surface area contributed by atoms with Gasteiger partial charge in [-0.2, -0.15) is 4.98 Å². The van der Waals surface area contributed by atoms with Crippen LogP contribution in [0.3, 0.4) is 0 Å². The molecule has 29 heavy (non-hydrogen) atoms. The highest BCUT2D eigenvalue weighted by Crippen LogP contribution is 2.37. The van der Waals surface area contributed by atoms with Crippen LogP contribution in [-0.2, 0) is 4.79 Å². The molecule has 0 bridgehead atoms. The molecule has 3 N–H and O–H groups in total. The first-order valence-corrected chi connectivity index (χ1v) is 9.05. The summed E-state index contributed by atoms with van der Waals surface area (Å²) in [5.41, 5.74) is 8.47. The third-order valence-electron chi connectivity index (χ3n) is 4.88. The Labute approximate surface area is 168 Å². The molecule has 1 aliphatic heterocycles. The van der Waals surface area contributed by atoms with Gasteiger partial charge in [0.25, 0.3) is 0 Å². The number of methoxy groups -OCH3 is 2. The molecule has 1 amide bonds. The molecular formula is C21H21N5O3. The van der Waals surface area contributed by atoms with Crippen LogP contribution >= 0.6 is 0 Å². The summed E-state index contributed by atoms with van der Waals surface area (Å²) in [7, 11) is 3.16. The van der Waals surface area contributed by atoms with Gasteiger partial charge in [0.1, 0.15) is 6.04 Å². The van der Waals surface area contributed by atoms with E-state index in [1.807, 2.05) is 49.4 Å². The van der Waals surface area contributed by atoms with E-state index in [0.717, 1.165) is 11.1 Å². The van der Waals surface area contributed by atoms with E-state index >= 15 is 0 Å². The summed E-state index contributed by atoms with van der Waals surface area (Å²) < 4.78 is 12.4. The molecule has 2 heterocycles. The number of benzene rings is 2. The van der Waals surface area contributed by atoms with E-state index in [-0.39, 0.29) is 0 Å². The number of nitrogens with zero attached hydrogens (tertiary/aromatic N) is 3. The molecule has 0 fully saturated rings. The Morgan fingerprint density at radius 2 is 1.83 bits per heavy atom. The van der Waals surface area contributed by atoms with E-state index in [1.165, 1.54) is 0 Å². The smallest absolute Gasteiger partial charge is 0.248 e. The molecular weight excluding hydrogens is 370 g/mol. The summed E-state index contributed by atoms with van der Waals surface area (Å²) in [6.07, 6.45) is 0. The van der Waals surface area contributed by atoms with Crippen molar-refractivity contribution in [2.24, 2.45) is 5.73 Å². The fourth-order valence-electron chi connectivity index (χ4n) is 3.51. The standard InChI is InChI=1S/C21H21N5O3/c1-12-17(19(22)27)18(13-7-5-4-6-8-13)26-21(23-12)24-20(25-26)14-9-10-15(28-2)16(11-14)29-3/h4-11,18H,1-3H3,(H2,22,27)(H,23,24,25)/t18-/m1/s1. The minimum Gasteiger partial charge on any atom is -0.493 e. The molecule has 3 aromatic rings. The molecule has 1 atom stereocenters. The van der Waals surface area contributed by atoms with Gasteiger partial charge in [0, 0.05) is 11.3 Å². The molecule has 1 aromatic heterocycles. The van der Waals surface area contributed by atoms with E-state index in [1.54, 1.807) is 25.0 Å². The van der Waals surface area contributed by atoms with E-state index in [9.17, 15) is 4.79 Å². The maximum atomic E-state index is 12.2. The maximum Gasteiger partial charge on any atom is 0.248 e. The molecule has 4 rings (SSSR count). The molecule has 0 saturated heterocycles. The summed E-state index contributed by atoms with van der Waals surface area (Å²) in [4.78, 5) is 16.9. The normalized spacial score (nSPS) is 15.5. The summed E-state index contributed by atoms with van der Waals surface area (Å²) in [5.74, 6) is 1.73. The van der Waals surface area contributed by atoms with Crippen LogP contribution in [0.15, 0.2) is 59.8 Å². The first kappa shape index (κ1) is 18.5. The third kappa shape index (κ3) is 3.18. The number of fused-ring (bicyclic) bond motifs is 1. The van der Waals surface area contributed by atoms with Crippen molar-refractivity contribution in [3.05, 3.63) is 65.4 Å². The van der Waals surface area contributed by atoms with Crippen molar-refractivity contribution < 1.29 is 14.3 Å². The van der Waals surface area contributed by atoms with Crippen molar-refractivity contribution in [2.45, 2.75) is 13.0 Å². The number of hydrogen-bond acceptors (Lipinski definition) is 6. The molecule has 0 aliphatic carbocycles. The number of amides is 1. The number of carbonyl (C=O) groups excluding carboxylic acids is 1. The van der Waals surface area contributed by atoms with E-state index in [2.05, 4.69) is 15.4 Å². The molecule has 0 saturated carbocycles. The molecule has 148 valence electrons. The molecule has 8 nitrogen and oxygen atoms in total. The predicted octanol–water partition coefficient (Wildman–Crippen LogP) is 2.74. The Balaban J connectivity index is 1.84. The van der Waals surface area contributed by atoms with Gasteiger partial charge in [0.2, 0.25) is 11.9 Å². The molecule has 8 heteroatoms. The third-order valence-corrected chi connectivity index (χ3v) is 4.88. The zero-order valence-electron chi connectivity index (χ0n) is 16.3. The number of primary amides is 1. The number of allylic oxidation sites excluding steroid dienone is 1. The average Bonchev–Trinajstić information content (AvgIpc) is 3.16. The maximum absolute atomic E-state index is 12.2. The Kier molecular flexibility index (Phi) is 4.67. The van der Waals surface area contributed by atoms with Gasteiger partial charge in [-0.25, -0.2) is 4.68 Å². The Morgan fingerprint density at radius 1 is 1.10 bits per heavy atom. The summed E-state index contributed by atoms with van der Waals surface area (Å²) in [6.45, 7) is 1.81. The average molecular weight is 391 g/mol. The molecule has 0 unspecified atom stereocenters. The zero-order chi connectivity index (χ0) is 20.5. The second-order valence-electron chi connectivity index (χ2n) is 6.61. The van der Waals surface area contributed by atoms with Crippen LogP contribution in [0.4, 0.5) is 5.95 Å². The molecule has 0 spiro atoms. The second-order valence-corrected chi connectivity index (χ2v) is 6.61. The fraction of sp³-hybridized carbons (Fsp3) is 0.190. The number of nitrogens with two attached hydrogens (primary N) is 1. The van der Waals surface area contributed by atoms with Gasteiger partial charge in [0.05, 0.1) is 19.8 Å². The Bertz CT molecular complexity index is 1100. The van der Waals surface area contributed by atoms with Crippen molar-refractivity contribution in [3.8, 4) is 22.9 Å². The summed E-state index contributed by atoms with van der Waals surface area (Å²) in [6, 6.07) is 14.6. The van der Waals surface area contributed by atoms with Gasteiger partial charge in [-0.3, -0.25) is 4.79 Å². The van der Waals surface area contributed by atoms with Gasteiger partial charge in [0.15, 0.2) is 17.3 Å². The highest BCUT2D eigenvalue weighted by atomic mass is 16.5. The van der Waals surface area contributed by atoms with Crippen LogP contribution in [0.1, 0.15) is 18.5 Å². The Morgan fingerprint density at radius 3 is 2.48 bits per heavy atom. The Hall–Kier alpha value is -3.81. The fourth-order valence-corrected chi connectivity index (χ4v) is 3.51.